The van der Waals surface area contributed by atoms with Crippen molar-refractivity contribution in [1.82, 2.24) is 4.98 Å². The molecule has 0 aliphatic carbocycles. The van der Waals surface area contributed by atoms with Crippen molar-refractivity contribution < 1.29 is 4.74 Å². The first-order chi connectivity index (χ1) is 7.79. The molecule has 0 saturated heterocycles. The van der Waals surface area contributed by atoms with E-state index < -0.39 is 0 Å². The Morgan fingerprint density at radius 2 is 2.44 bits per heavy atom. The van der Waals surface area contributed by atoms with Crippen molar-refractivity contribution in [2.45, 2.75) is 13.3 Å². The molecule has 4 nitrogen and oxygen atoms in total. The van der Waals surface area contributed by atoms with Gasteiger partial charge in [0.15, 0.2) is 0 Å². The Kier molecular flexibility index (Phi) is 5.62. The largest absolute Gasteiger partial charge is 0.382 e. The van der Waals surface area contributed by atoms with Crippen LogP contribution in [0, 0.1) is 11.3 Å². The summed E-state index contributed by atoms with van der Waals surface area (Å²) in [5, 5.41) is 12.2. The molecular formula is C11H14ClN3O. The SMILES string of the molecule is CCOCCCNc1nccc(C#N)c1Cl. The van der Waals surface area contributed by atoms with Gasteiger partial charge in [0.1, 0.15) is 16.9 Å². The first-order valence-electron chi connectivity index (χ1n) is 5.15. The Morgan fingerprint density at radius 1 is 1.62 bits per heavy atom. The summed E-state index contributed by atoms with van der Waals surface area (Å²) in [6, 6.07) is 3.60. The van der Waals surface area contributed by atoms with Crippen molar-refractivity contribution >= 4 is 17.4 Å². The lowest BCUT2D eigenvalue weighted by Crippen LogP contribution is -2.07. The summed E-state index contributed by atoms with van der Waals surface area (Å²) in [4.78, 5) is 4.07. The zero-order chi connectivity index (χ0) is 11.8. The summed E-state index contributed by atoms with van der Waals surface area (Å²) in [5.74, 6) is 0.553. The normalized spacial score (nSPS) is 9.81. The maximum absolute atomic E-state index is 8.77. The highest BCUT2D eigenvalue weighted by molar-refractivity contribution is 6.34. The van der Waals surface area contributed by atoms with E-state index in [9.17, 15) is 0 Å². The van der Waals surface area contributed by atoms with E-state index in [0.29, 0.717) is 23.0 Å². The van der Waals surface area contributed by atoms with Crippen molar-refractivity contribution in [3.05, 3.63) is 22.8 Å². The fourth-order valence-electron chi connectivity index (χ4n) is 1.18. The van der Waals surface area contributed by atoms with Crippen LogP contribution in [0.1, 0.15) is 18.9 Å². The van der Waals surface area contributed by atoms with Gasteiger partial charge in [-0.15, -0.1) is 0 Å². The van der Waals surface area contributed by atoms with E-state index in [-0.39, 0.29) is 0 Å². The molecule has 0 bridgehead atoms. The number of halogens is 1. The zero-order valence-electron chi connectivity index (χ0n) is 9.16. The lowest BCUT2D eigenvalue weighted by Gasteiger charge is -2.07. The van der Waals surface area contributed by atoms with Crippen LogP contribution in [0.15, 0.2) is 12.3 Å². The molecule has 1 aromatic heterocycles. The fourth-order valence-corrected chi connectivity index (χ4v) is 1.40. The molecule has 1 aromatic rings. The van der Waals surface area contributed by atoms with Gasteiger partial charge < -0.3 is 10.1 Å². The van der Waals surface area contributed by atoms with E-state index >= 15 is 0 Å². The van der Waals surface area contributed by atoms with E-state index in [0.717, 1.165) is 19.6 Å². The molecule has 0 radical (unpaired) electrons. The second-order valence-corrected chi connectivity index (χ2v) is 3.49. The minimum Gasteiger partial charge on any atom is -0.382 e. The monoisotopic (exact) mass is 239 g/mol. The number of pyridine rings is 1. The lowest BCUT2D eigenvalue weighted by atomic mass is 10.3. The molecule has 0 amide bonds. The average molecular weight is 240 g/mol. The molecule has 1 heterocycles. The number of anilines is 1. The second-order valence-electron chi connectivity index (χ2n) is 3.11. The van der Waals surface area contributed by atoms with E-state index in [1.807, 2.05) is 13.0 Å². The molecule has 0 spiro atoms. The number of hydrogen-bond acceptors (Lipinski definition) is 4. The first kappa shape index (κ1) is 12.8. The van der Waals surface area contributed by atoms with Crippen LogP contribution in [0.5, 0.6) is 0 Å². The highest BCUT2D eigenvalue weighted by Gasteiger charge is 2.05. The van der Waals surface area contributed by atoms with Crippen LogP contribution in [-0.4, -0.2) is 24.7 Å². The maximum Gasteiger partial charge on any atom is 0.146 e. The van der Waals surface area contributed by atoms with E-state index in [1.54, 1.807) is 12.3 Å². The third-order valence-corrected chi connectivity index (χ3v) is 2.35. The van der Waals surface area contributed by atoms with Crippen LogP contribution in [0.2, 0.25) is 5.02 Å². The molecule has 1 rings (SSSR count). The van der Waals surface area contributed by atoms with Gasteiger partial charge in [0.05, 0.1) is 5.56 Å². The van der Waals surface area contributed by atoms with Gasteiger partial charge >= 0.3 is 0 Å². The van der Waals surface area contributed by atoms with Crippen molar-refractivity contribution in [2.24, 2.45) is 0 Å². The maximum atomic E-state index is 8.77. The Morgan fingerprint density at radius 3 is 3.12 bits per heavy atom. The van der Waals surface area contributed by atoms with Crippen molar-refractivity contribution in [2.75, 3.05) is 25.1 Å². The van der Waals surface area contributed by atoms with Gasteiger partial charge in [-0.2, -0.15) is 5.26 Å². The predicted molar refractivity (Wildman–Crippen MR) is 63.6 cm³/mol. The standard InChI is InChI=1S/C11H14ClN3O/c1-2-16-7-3-5-14-11-10(12)9(8-13)4-6-15-11/h4,6H,2-3,5,7H2,1H3,(H,14,15). The number of hydrogen-bond donors (Lipinski definition) is 1. The number of nitrogens with one attached hydrogen (secondary N) is 1. The third kappa shape index (κ3) is 3.69. The summed E-state index contributed by atoms with van der Waals surface area (Å²) in [7, 11) is 0. The van der Waals surface area contributed by atoms with Crippen LogP contribution in [0.3, 0.4) is 0 Å². The molecule has 86 valence electrons. The molecule has 0 atom stereocenters. The van der Waals surface area contributed by atoms with Gasteiger partial charge in [0.2, 0.25) is 0 Å². The Labute approximate surface area is 100 Å². The number of nitriles is 1. The second kappa shape index (κ2) is 7.04. The van der Waals surface area contributed by atoms with Crippen LogP contribution in [-0.2, 0) is 4.74 Å². The molecule has 0 aromatic carbocycles. The summed E-state index contributed by atoms with van der Waals surface area (Å²) >= 11 is 5.97. The zero-order valence-corrected chi connectivity index (χ0v) is 9.92. The molecule has 0 aliphatic rings. The smallest absolute Gasteiger partial charge is 0.146 e. The summed E-state index contributed by atoms with van der Waals surface area (Å²) in [6.07, 6.45) is 2.44. The van der Waals surface area contributed by atoms with Crippen molar-refractivity contribution in [3.63, 3.8) is 0 Å². The van der Waals surface area contributed by atoms with Gasteiger partial charge in [-0.25, -0.2) is 4.98 Å². The topological polar surface area (TPSA) is 57.9 Å². The van der Waals surface area contributed by atoms with Crippen LogP contribution in [0.25, 0.3) is 0 Å². The summed E-state index contributed by atoms with van der Waals surface area (Å²) in [5.41, 5.74) is 0.434. The number of rotatable bonds is 6. The molecule has 0 fully saturated rings. The minimum atomic E-state index is 0.376. The minimum absolute atomic E-state index is 0.376. The van der Waals surface area contributed by atoms with Gasteiger partial charge in [0.25, 0.3) is 0 Å². The average Bonchev–Trinajstić information content (AvgIpc) is 2.31. The van der Waals surface area contributed by atoms with Crippen LogP contribution < -0.4 is 5.32 Å². The highest BCUT2D eigenvalue weighted by atomic mass is 35.5. The molecule has 1 N–H and O–H groups in total. The van der Waals surface area contributed by atoms with Gasteiger partial charge in [0, 0.05) is 26.0 Å². The fraction of sp³-hybridized carbons (Fsp3) is 0.455. The van der Waals surface area contributed by atoms with Crippen LogP contribution >= 0.6 is 11.6 Å². The molecular weight excluding hydrogens is 226 g/mol. The van der Waals surface area contributed by atoms with Gasteiger partial charge in [-0.3, -0.25) is 0 Å². The predicted octanol–water partition coefficient (Wildman–Crippen LogP) is 2.45. The van der Waals surface area contributed by atoms with E-state index in [1.165, 1.54) is 0 Å². The number of ether oxygens (including phenoxy) is 1. The number of aromatic nitrogens is 1. The molecule has 0 unspecified atom stereocenters. The molecule has 5 heteroatoms. The quantitative estimate of drug-likeness (QED) is 0.775. The summed E-state index contributed by atoms with van der Waals surface area (Å²) < 4.78 is 5.20. The van der Waals surface area contributed by atoms with Crippen molar-refractivity contribution in [3.8, 4) is 6.07 Å². The number of nitrogens with zero attached hydrogens (tertiary/aromatic N) is 2. The van der Waals surface area contributed by atoms with E-state index in [4.69, 9.17) is 21.6 Å². The third-order valence-electron chi connectivity index (χ3n) is 1.97. The molecule has 16 heavy (non-hydrogen) atoms. The van der Waals surface area contributed by atoms with E-state index in [2.05, 4.69) is 10.3 Å². The summed E-state index contributed by atoms with van der Waals surface area (Å²) in [6.45, 7) is 4.12. The molecule has 0 saturated carbocycles. The lowest BCUT2D eigenvalue weighted by molar-refractivity contribution is 0.147. The van der Waals surface area contributed by atoms with Crippen molar-refractivity contribution in [1.29, 1.82) is 5.26 Å². The van der Waals surface area contributed by atoms with Crippen LogP contribution in [0.4, 0.5) is 5.82 Å². The Hall–Kier alpha value is -1.31. The molecule has 0 aliphatic heterocycles. The Balaban J connectivity index is 2.45. The van der Waals surface area contributed by atoms with Gasteiger partial charge in [-0.05, 0) is 19.4 Å². The Bertz CT molecular complexity index is 376. The van der Waals surface area contributed by atoms with Gasteiger partial charge in [-0.1, -0.05) is 11.6 Å². The highest BCUT2D eigenvalue weighted by Crippen LogP contribution is 2.22. The first-order valence-corrected chi connectivity index (χ1v) is 5.53.